The van der Waals surface area contributed by atoms with Crippen LogP contribution >= 0.6 is 0 Å². The molecule has 0 saturated heterocycles. The summed E-state index contributed by atoms with van der Waals surface area (Å²) >= 11 is 0. The molecule has 0 fully saturated rings. The average Bonchev–Trinajstić information content (AvgIpc) is 2.68. The molecule has 18 heavy (non-hydrogen) atoms. The molecule has 1 heterocycles. The van der Waals surface area contributed by atoms with Gasteiger partial charge in [0.15, 0.2) is 0 Å². The summed E-state index contributed by atoms with van der Waals surface area (Å²) in [6.07, 6.45) is 0.606. The summed E-state index contributed by atoms with van der Waals surface area (Å²) in [5.41, 5.74) is 2.93. The van der Waals surface area contributed by atoms with E-state index in [1.165, 1.54) is 0 Å². The first-order valence-electron chi connectivity index (χ1n) is 5.93. The van der Waals surface area contributed by atoms with Crippen LogP contribution in [0.1, 0.15) is 24.7 Å². The number of aryl methyl sites for hydroxylation is 1. The molecule has 0 atom stereocenters. The topological polar surface area (TPSA) is 74.8 Å². The van der Waals surface area contributed by atoms with Crippen molar-refractivity contribution in [2.75, 3.05) is 5.75 Å². The second kappa shape index (κ2) is 5.07. The summed E-state index contributed by atoms with van der Waals surface area (Å²) in [7, 11) is -3.19. The van der Waals surface area contributed by atoms with Crippen molar-refractivity contribution in [2.45, 2.75) is 26.8 Å². The van der Waals surface area contributed by atoms with Crippen molar-refractivity contribution >= 4 is 21.1 Å². The number of imidazole rings is 1. The lowest BCUT2D eigenvalue weighted by Crippen LogP contribution is -2.26. The van der Waals surface area contributed by atoms with Gasteiger partial charge in [-0.3, -0.25) is 0 Å². The Hall–Kier alpha value is -1.40. The number of aromatic amines is 1. The van der Waals surface area contributed by atoms with E-state index < -0.39 is 10.0 Å². The zero-order chi connectivity index (χ0) is 13.2. The van der Waals surface area contributed by atoms with Crippen LogP contribution in [0.2, 0.25) is 0 Å². The fourth-order valence-corrected chi connectivity index (χ4v) is 2.82. The monoisotopic (exact) mass is 267 g/mol. The molecule has 1 aromatic heterocycles. The minimum absolute atomic E-state index is 0.145. The Morgan fingerprint density at radius 3 is 2.89 bits per heavy atom. The van der Waals surface area contributed by atoms with Crippen LogP contribution in [0, 0.1) is 6.92 Å². The molecule has 0 aliphatic rings. The third kappa shape index (κ3) is 3.08. The van der Waals surface area contributed by atoms with Gasteiger partial charge in [-0.2, -0.15) is 0 Å². The van der Waals surface area contributed by atoms with Crippen LogP contribution in [0.4, 0.5) is 0 Å². The zero-order valence-electron chi connectivity index (χ0n) is 10.5. The Bertz CT molecular complexity index is 646. The van der Waals surface area contributed by atoms with E-state index in [1.807, 2.05) is 32.0 Å². The molecule has 5 nitrogen and oxygen atoms in total. The van der Waals surface area contributed by atoms with E-state index in [1.54, 1.807) is 0 Å². The quantitative estimate of drug-likeness (QED) is 0.865. The number of benzene rings is 1. The van der Waals surface area contributed by atoms with Gasteiger partial charge < -0.3 is 4.98 Å². The van der Waals surface area contributed by atoms with Crippen molar-refractivity contribution in [1.82, 2.24) is 14.7 Å². The molecular formula is C12H17N3O2S. The number of nitrogens with one attached hydrogen (secondary N) is 2. The minimum atomic E-state index is -3.19. The normalized spacial score (nSPS) is 12.1. The van der Waals surface area contributed by atoms with Crippen molar-refractivity contribution in [3.8, 4) is 0 Å². The van der Waals surface area contributed by atoms with E-state index in [4.69, 9.17) is 0 Å². The molecule has 0 amide bonds. The number of sulfonamides is 1. The summed E-state index contributed by atoms with van der Waals surface area (Å²) in [5, 5.41) is 0. The first-order chi connectivity index (χ1) is 8.50. The van der Waals surface area contributed by atoms with E-state index >= 15 is 0 Å². The average molecular weight is 267 g/mol. The second-order valence-corrected chi connectivity index (χ2v) is 6.27. The Morgan fingerprint density at radius 1 is 1.39 bits per heavy atom. The highest BCUT2D eigenvalue weighted by molar-refractivity contribution is 7.89. The molecule has 2 N–H and O–H groups in total. The standard InChI is InChI=1S/C12H17N3O2S/c1-3-6-18(16,17)13-8-12-14-10-5-4-9(2)7-11(10)15-12/h4-5,7,13H,3,6,8H2,1-2H3,(H,14,15). The molecule has 0 aliphatic carbocycles. The van der Waals surface area contributed by atoms with Crippen molar-refractivity contribution in [3.05, 3.63) is 29.6 Å². The molecule has 2 aromatic rings. The molecule has 0 radical (unpaired) electrons. The first-order valence-corrected chi connectivity index (χ1v) is 7.58. The van der Waals surface area contributed by atoms with Crippen LogP contribution in [0.25, 0.3) is 11.0 Å². The smallest absolute Gasteiger partial charge is 0.211 e. The van der Waals surface area contributed by atoms with E-state index in [-0.39, 0.29) is 12.3 Å². The molecule has 98 valence electrons. The third-order valence-corrected chi connectivity index (χ3v) is 4.15. The van der Waals surface area contributed by atoms with Gasteiger partial charge in [0.05, 0.1) is 23.3 Å². The molecule has 0 saturated carbocycles. The van der Waals surface area contributed by atoms with Gasteiger partial charge in [0.1, 0.15) is 5.82 Å². The number of H-pyrrole nitrogens is 1. The van der Waals surface area contributed by atoms with Crippen LogP contribution in [-0.2, 0) is 16.6 Å². The van der Waals surface area contributed by atoms with E-state index in [0.29, 0.717) is 12.2 Å². The maximum Gasteiger partial charge on any atom is 0.211 e. The number of rotatable bonds is 5. The number of fused-ring (bicyclic) bond motifs is 1. The molecule has 0 spiro atoms. The number of aromatic nitrogens is 2. The SMILES string of the molecule is CCCS(=O)(=O)NCc1nc2ccc(C)cc2[nH]1. The summed E-state index contributed by atoms with van der Waals surface area (Å²) in [5.74, 6) is 0.780. The molecule has 6 heteroatoms. The van der Waals surface area contributed by atoms with Gasteiger partial charge in [0, 0.05) is 0 Å². The van der Waals surface area contributed by atoms with Gasteiger partial charge in [0.25, 0.3) is 0 Å². The minimum Gasteiger partial charge on any atom is -0.341 e. The largest absolute Gasteiger partial charge is 0.341 e. The van der Waals surface area contributed by atoms with Crippen LogP contribution in [0.15, 0.2) is 18.2 Å². The highest BCUT2D eigenvalue weighted by Crippen LogP contribution is 2.13. The van der Waals surface area contributed by atoms with Crippen LogP contribution in [0.5, 0.6) is 0 Å². The van der Waals surface area contributed by atoms with Crippen molar-refractivity contribution in [2.24, 2.45) is 0 Å². The fourth-order valence-electron chi connectivity index (χ4n) is 1.78. The fraction of sp³-hybridized carbons (Fsp3) is 0.417. The van der Waals surface area contributed by atoms with E-state index in [9.17, 15) is 8.42 Å². The maximum absolute atomic E-state index is 11.5. The van der Waals surface area contributed by atoms with Gasteiger partial charge in [-0.1, -0.05) is 13.0 Å². The molecule has 0 bridgehead atoms. The van der Waals surface area contributed by atoms with Gasteiger partial charge in [0.2, 0.25) is 10.0 Å². The first kappa shape index (κ1) is 13.0. The van der Waals surface area contributed by atoms with Crippen LogP contribution in [-0.4, -0.2) is 24.1 Å². The van der Waals surface area contributed by atoms with E-state index in [0.717, 1.165) is 16.6 Å². The Morgan fingerprint density at radius 2 is 2.17 bits per heavy atom. The number of hydrogen-bond acceptors (Lipinski definition) is 3. The lowest BCUT2D eigenvalue weighted by atomic mass is 10.2. The third-order valence-electron chi connectivity index (χ3n) is 2.62. The number of nitrogens with zero attached hydrogens (tertiary/aromatic N) is 1. The molecule has 0 unspecified atom stereocenters. The number of hydrogen-bond donors (Lipinski definition) is 2. The van der Waals surface area contributed by atoms with Crippen molar-refractivity contribution < 1.29 is 8.42 Å². The molecule has 1 aromatic carbocycles. The molecule has 2 rings (SSSR count). The lowest BCUT2D eigenvalue weighted by Gasteiger charge is -2.02. The highest BCUT2D eigenvalue weighted by atomic mass is 32.2. The van der Waals surface area contributed by atoms with Crippen LogP contribution < -0.4 is 4.72 Å². The van der Waals surface area contributed by atoms with Gasteiger partial charge in [-0.15, -0.1) is 0 Å². The van der Waals surface area contributed by atoms with Gasteiger partial charge >= 0.3 is 0 Å². The van der Waals surface area contributed by atoms with E-state index in [2.05, 4.69) is 14.7 Å². The lowest BCUT2D eigenvalue weighted by molar-refractivity contribution is 0.578. The summed E-state index contributed by atoms with van der Waals surface area (Å²) in [4.78, 5) is 7.45. The second-order valence-electron chi connectivity index (χ2n) is 4.34. The maximum atomic E-state index is 11.5. The van der Waals surface area contributed by atoms with Crippen molar-refractivity contribution in [1.29, 1.82) is 0 Å². The van der Waals surface area contributed by atoms with Gasteiger partial charge in [-0.25, -0.2) is 18.1 Å². The van der Waals surface area contributed by atoms with Crippen molar-refractivity contribution in [3.63, 3.8) is 0 Å². The summed E-state index contributed by atoms with van der Waals surface area (Å²) in [6, 6.07) is 5.89. The summed E-state index contributed by atoms with van der Waals surface area (Å²) in [6.45, 7) is 4.04. The predicted octanol–water partition coefficient (Wildman–Crippen LogP) is 1.70. The Labute approximate surface area is 107 Å². The van der Waals surface area contributed by atoms with Gasteiger partial charge in [-0.05, 0) is 31.0 Å². The Kier molecular flexibility index (Phi) is 3.68. The highest BCUT2D eigenvalue weighted by Gasteiger charge is 2.10. The molecular weight excluding hydrogens is 250 g/mol. The predicted molar refractivity (Wildman–Crippen MR) is 71.7 cm³/mol. The zero-order valence-corrected chi connectivity index (χ0v) is 11.3. The Balaban J connectivity index is 2.13. The van der Waals surface area contributed by atoms with Crippen LogP contribution in [0.3, 0.4) is 0 Å². The summed E-state index contributed by atoms with van der Waals surface area (Å²) < 4.78 is 25.6. The molecule has 0 aliphatic heterocycles.